The smallest absolute Gasteiger partial charge is 0.0642 e. The second-order valence-corrected chi connectivity index (χ2v) is 5.15. The minimum Gasteiger partial charge on any atom is -0.309 e. The molecule has 16 heavy (non-hydrogen) atoms. The van der Waals surface area contributed by atoms with Gasteiger partial charge >= 0.3 is 0 Å². The molecule has 0 spiro atoms. The van der Waals surface area contributed by atoms with E-state index in [9.17, 15) is 0 Å². The molecule has 0 bridgehead atoms. The Hall–Kier alpha value is 0.0500. The van der Waals surface area contributed by atoms with Gasteiger partial charge in [0.25, 0.3) is 0 Å². The van der Waals surface area contributed by atoms with Crippen molar-refractivity contribution in [2.45, 2.75) is 26.3 Å². The molecule has 0 fully saturated rings. The first-order valence-electron chi connectivity index (χ1n) is 5.31. The van der Waals surface area contributed by atoms with E-state index >= 15 is 0 Å². The topological polar surface area (TPSA) is 12.0 Å². The van der Waals surface area contributed by atoms with Crippen molar-refractivity contribution in [2.24, 2.45) is 5.92 Å². The van der Waals surface area contributed by atoms with E-state index in [2.05, 4.69) is 25.2 Å². The van der Waals surface area contributed by atoms with E-state index in [0.717, 1.165) is 18.0 Å². The maximum Gasteiger partial charge on any atom is 0.0642 e. The zero-order valence-corrected chi connectivity index (χ0v) is 11.7. The third kappa shape index (κ3) is 2.48. The normalized spacial score (nSPS) is 19.2. The van der Waals surface area contributed by atoms with Crippen molar-refractivity contribution in [3.05, 3.63) is 33.3 Å². The van der Waals surface area contributed by atoms with Crippen LogP contribution in [-0.2, 0) is 6.42 Å². The summed E-state index contributed by atoms with van der Waals surface area (Å²) < 4.78 is 0. The number of hydrogen-bond donors (Lipinski definition) is 1. The zero-order chi connectivity index (χ0) is 11.0. The van der Waals surface area contributed by atoms with Crippen LogP contribution < -0.4 is 5.32 Å². The Morgan fingerprint density at radius 1 is 1.31 bits per heavy atom. The molecule has 1 atom stereocenters. The SMILES string of the molecule is CC(C)C1NCCc2ccc(Cl)c(Cl)c21.Cl. The average Bonchev–Trinajstić information content (AvgIpc) is 2.23. The van der Waals surface area contributed by atoms with Gasteiger partial charge in [0.15, 0.2) is 0 Å². The van der Waals surface area contributed by atoms with Crippen molar-refractivity contribution in [3.63, 3.8) is 0 Å². The summed E-state index contributed by atoms with van der Waals surface area (Å²) in [6.07, 6.45) is 1.04. The van der Waals surface area contributed by atoms with Crippen molar-refractivity contribution in [3.8, 4) is 0 Å². The Morgan fingerprint density at radius 3 is 2.62 bits per heavy atom. The number of benzene rings is 1. The van der Waals surface area contributed by atoms with Crippen LogP contribution in [0.4, 0.5) is 0 Å². The summed E-state index contributed by atoms with van der Waals surface area (Å²) in [5.41, 5.74) is 2.53. The molecule has 0 saturated carbocycles. The van der Waals surface area contributed by atoms with Crippen LogP contribution in [0.3, 0.4) is 0 Å². The van der Waals surface area contributed by atoms with E-state index in [4.69, 9.17) is 23.2 Å². The highest BCUT2D eigenvalue weighted by Gasteiger charge is 2.25. The minimum atomic E-state index is 0. The van der Waals surface area contributed by atoms with E-state index in [1.54, 1.807) is 0 Å². The average molecular weight is 281 g/mol. The summed E-state index contributed by atoms with van der Waals surface area (Å²) in [6, 6.07) is 4.32. The van der Waals surface area contributed by atoms with Crippen LogP contribution >= 0.6 is 35.6 Å². The lowest BCUT2D eigenvalue weighted by molar-refractivity contribution is 0.395. The Morgan fingerprint density at radius 2 is 2.00 bits per heavy atom. The molecule has 0 aliphatic carbocycles. The first-order chi connectivity index (χ1) is 7.11. The molecule has 1 nitrogen and oxygen atoms in total. The summed E-state index contributed by atoms with van der Waals surface area (Å²) in [5, 5.41) is 4.88. The summed E-state index contributed by atoms with van der Waals surface area (Å²) in [6.45, 7) is 5.42. The van der Waals surface area contributed by atoms with Crippen molar-refractivity contribution in [1.82, 2.24) is 5.32 Å². The highest BCUT2D eigenvalue weighted by atomic mass is 35.5. The Kier molecular flexibility index (Phi) is 4.93. The number of rotatable bonds is 1. The third-order valence-electron chi connectivity index (χ3n) is 2.96. The molecule has 1 aromatic rings. The van der Waals surface area contributed by atoms with Gasteiger partial charge in [-0.2, -0.15) is 0 Å². The molecule has 0 aromatic heterocycles. The molecule has 1 aromatic carbocycles. The minimum absolute atomic E-state index is 0. The van der Waals surface area contributed by atoms with Gasteiger partial charge in [-0.3, -0.25) is 0 Å². The van der Waals surface area contributed by atoms with Gasteiger partial charge in [-0.05, 0) is 36.1 Å². The van der Waals surface area contributed by atoms with E-state index in [-0.39, 0.29) is 12.4 Å². The Labute approximate surface area is 113 Å². The fraction of sp³-hybridized carbons (Fsp3) is 0.500. The second-order valence-electron chi connectivity index (χ2n) is 4.36. The van der Waals surface area contributed by atoms with Crippen molar-refractivity contribution in [1.29, 1.82) is 0 Å². The predicted molar refractivity (Wildman–Crippen MR) is 73.0 cm³/mol. The first-order valence-corrected chi connectivity index (χ1v) is 6.07. The molecule has 0 saturated heterocycles. The molecule has 90 valence electrons. The molecule has 1 heterocycles. The molecule has 0 amide bonds. The molecule has 1 aliphatic heterocycles. The van der Waals surface area contributed by atoms with Crippen LogP contribution in [-0.4, -0.2) is 6.54 Å². The molecule has 4 heteroatoms. The summed E-state index contributed by atoms with van der Waals surface area (Å²) in [4.78, 5) is 0. The largest absolute Gasteiger partial charge is 0.309 e. The molecule has 1 aliphatic rings. The third-order valence-corrected chi connectivity index (χ3v) is 3.78. The molecule has 2 rings (SSSR count). The van der Waals surface area contributed by atoms with Crippen LogP contribution in [0, 0.1) is 5.92 Å². The van der Waals surface area contributed by atoms with Gasteiger partial charge in [-0.25, -0.2) is 0 Å². The highest BCUT2D eigenvalue weighted by molar-refractivity contribution is 6.42. The van der Waals surface area contributed by atoms with Crippen LogP contribution in [0.2, 0.25) is 10.0 Å². The van der Waals surface area contributed by atoms with Gasteiger partial charge < -0.3 is 5.32 Å². The molecule has 1 N–H and O–H groups in total. The summed E-state index contributed by atoms with van der Waals surface area (Å²) in [7, 11) is 0. The van der Waals surface area contributed by atoms with Crippen LogP contribution in [0.5, 0.6) is 0 Å². The monoisotopic (exact) mass is 279 g/mol. The van der Waals surface area contributed by atoms with Gasteiger partial charge in [-0.1, -0.05) is 43.1 Å². The summed E-state index contributed by atoms with van der Waals surface area (Å²) >= 11 is 12.3. The van der Waals surface area contributed by atoms with Crippen molar-refractivity contribution in [2.75, 3.05) is 6.54 Å². The lowest BCUT2D eigenvalue weighted by Gasteiger charge is -2.31. The number of fused-ring (bicyclic) bond motifs is 1. The van der Waals surface area contributed by atoms with E-state index in [1.165, 1.54) is 11.1 Å². The van der Waals surface area contributed by atoms with Gasteiger partial charge in [0.05, 0.1) is 10.0 Å². The maximum absolute atomic E-state index is 6.28. The fourth-order valence-electron chi connectivity index (χ4n) is 2.19. The first kappa shape index (κ1) is 14.1. The van der Waals surface area contributed by atoms with Crippen molar-refractivity contribution < 1.29 is 0 Å². The fourth-order valence-corrected chi connectivity index (χ4v) is 2.66. The Bertz CT molecular complexity index is 377. The van der Waals surface area contributed by atoms with Crippen LogP contribution in [0.1, 0.15) is 31.0 Å². The number of hydrogen-bond acceptors (Lipinski definition) is 1. The van der Waals surface area contributed by atoms with E-state index in [0.29, 0.717) is 17.0 Å². The van der Waals surface area contributed by atoms with Crippen LogP contribution in [0.25, 0.3) is 0 Å². The van der Waals surface area contributed by atoms with Gasteiger partial charge in [0, 0.05) is 6.04 Å². The lowest BCUT2D eigenvalue weighted by atomic mass is 9.88. The molecular formula is C12H16Cl3N. The van der Waals surface area contributed by atoms with Gasteiger partial charge in [-0.15, -0.1) is 12.4 Å². The molecule has 0 radical (unpaired) electrons. The quantitative estimate of drug-likeness (QED) is 0.810. The van der Waals surface area contributed by atoms with Gasteiger partial charge in [0.2, 0.25) is 0 Å². The summed E-state index contributed by atoms with van der Waals surface area (Å²) in [5.74, 6) is 0.528. The van der Waals surface area contributed by atoms with E-state index in [1.807, 2.05) is 6.07 Å². The molecular weight excluding hydrogens is 264 g/mol. The second kappa shape index (κ2) is 5.59. The van der Waals surface area contributed by atoms with E-state index < -0.39 is 0 Å². The maximum atomic E-state index is 6.28. The predicted octanol–water partition coefficient (Wildman–Crippen LogP) is 4.26. The Balaban J connectivity index is 0.00000128. The zero-order valence-electron chi connectivity index (χ0n) is 9.39. The van der Waals surface area contributed by atoms with Gasteiger partial charge in [0.1, 0.15) is 0 Å². The number of halogens is 3. The van der Waals surface area contributed by atoms with Crippen LogP contribution in [0.15, 0.2) is 12.1 Å². The standard InChI is InChI=1S/C12H15Cl2N.ClH/c1-7(2)12-10-8(5-6-15-12)3-4-9(13)11(10)14;/h3-4,7,12,15H,5-6H2,1-2H3;1H. The lowest BCUT2D eigenvalue weighted by Crippen LogP contribution is -2.33. The van der Waals surface area contributed by atoms with Crippen molar-refractivity contribution >= 4 is 35.6 Å². The molecule has 1 unspecified atom stereocenters. The highest BCUT2D eigenvalue weighted by Crippen LogP contribution is 2.37. The number of nitrogens with one attached hydrogen (secondary N) is 1.